The fourth-order valence-electron chi connectivity index (χ4n) is 1.94. The standard InChI is InChI=1S/C15H23FIN/c1-2-3-4-5-6-7-8-11-18-15-10-9-13(16)12-14(15)17/h9-10,12,18H,2-8,11H2,1H3. The van der Waals surface area contributed by atoms with Gasteiger partial charge in [0.15, 0.2) is 0 Å². The Morgan fingerprint density at radius 2 is 1.72 bits per heavy atom. The highest BCUT2D eigenvalue weighted by Gasteiger charge is 2.00. The maximum atomic E-state index is 12.9. The molecule has 0 saturated heterocycles. The first-order chi connectivity index (χ1) is 8.74. The van der Waals surface area contributed by atoms with Crippen molar-refractivity contribution < 1.29 is 4.39 Å². The van der Waals surface area contributed by atoms with E-state index in [9.17, 15) is 4.39 Å². The average molecular weight is 363 g/mol. The van der Waals surface area contributed by atoms with Crippen molar-refractivity contribution in [2.75, 3.05) is 11.9 Å². The Morgan fingerprint density at radius 1 is 1.06 bits per heavy atom. The summed E-state index contributed by atoms with van der Waals surface area (Å²) >= 11 is 2.17. The van der Waals surface area contributed by atoms with Gasteiger partial charge in [-0.05, 0) is 47.2 Å². The van der Waals surface area contributed by atoms with Gasteiger partial charge in [0.1, 0.15) is 5.82 Å². The molecular formula is C15H23FIN. The zero-order chi connectivity index (χ0) is 13.2. The lowest BCUT2D eigenvalue weighted by atomic mass is 10.1. The number of rotatable bonds is 9. The number of nitrogens with one attached hydrogen (secondary N) is 1. The van der Waals surface area contributed by atoms with Crippen LogP contribution in [0.2, 0.25) is 0 Å². The van der Waals surface area contributed by atoms with Crippen LogP contribution in [-0.4, -0.2) is 6.54 Å². The van der Waals surface area contributed by atoms with E-state index in [-0.39, 0.29) is 5.82 Å². The van der Waals surface area contributed by atoms with Crippen LogP contribution in [0.3, 0.4) is 0 Å². The van der Waals surface area contributed by atoms with Crippen LogP contribution in [0, 0.1) is 9.39 Å². The lowest BCUT2D eigenvalue weighted by molar-refractivity contribution is 0.596. The van der Waals surface area contributed by atoms with Crippen LogP contribution in [0.25, 0.3) is 0 Å². The monoisotopic (exact) mass is 363 g/mol. The maximum absolute atomic E-state index is 12.9. The van der Waals surface area contributed by atoms with Crippen molar-refractivity contribution in [3.05, 3.63) is 27.6 Å². The fourth-order valence-corrected chi connectivity index (χ4v) is 2.61. The molecule has 1 N–H and O–H groups in total. The van der Waals surface area contributed by atoms with Gasteiger partial charge in [0.2, 0.25) is 0 Å². The Balaban J connectivity index is 2.07. The third kappa shape index (κ3) is 6.57. The third-order valence-corrected chi connectivity index (χ3v) is 3.92. The Hall–Kier alpha value is -0.320. The van der Waals surface area contributed by atoms with E-state index in [1.54, 1.807) is 6.07 Å². The summed E-state index contributed by atoms with van der Waals surface area (Å²) in [6.07, 6.45) is 9.23. The van der Waals surface area contributed by atoms with E-state index in [0.717, 1.165) is 15.8 Å². The fraction of sp³-hybridized carbons (Fsp3) is 0.600. The first kappa shape index (κ1) is 15.7. The van der Waals surface area contributed by atoms with E-state index in [2.05, 4.69) is 34.8 Å². The highest BCUT2D eigenvalue weighted by molar-refractivity contribution is 14.1. The molecule has 0 aliphatic rings. The summed E-state index contributed by atoms with van der Waals surface area (Å²) in [6.45, 7) is 3.23. The minimum atomic E-state index is -0.166. The van der Waals surface area contributed by atoms with Gasteiger partial charge >= 0.3 is 0 Å². The summed E-state index contributed by atoms with van der Waals surface area (Å²) in [4.78, 5) is 0. The third-order valence-electron chi connectivity index (χ3n) is 3.03. The van der Waals surface area contributed by atoms with Crippen LogP contribution in [0.5, 0.6) is 0 Å². The molecule has 1 aromatic rings. The number of unbranched alkanes of at least 4 members (excludes halogenated alkanes) is 6. The van der Waals surface area contributed by atoms with Crippen LogP contribution < -0.4 is 5.32 Å². The van der Waals surface area contributed by atoms with E-state index in [1.807, 2.05) is 6.07 Å². The number of hydrogen-bond donors (Lipinski definition) is 1. The molecule has 1 aromatic carbocycles. The Morgan fingerprint density at radius 3 is 2.39 bits per heavy atom. The molecule has 0 fully saturated rings. The van der Waals surface area contributed by atoms with Crippen LogP contribution >= 0.6 is 22.6 Å². The zero-order valence-electron chi connectivity index (χ0n) is 11.1. The lowest BCUT2D eigenvalue weighted by Gasteiger charge is -2.08. The van der Waals surface area contributed by atoms with Crippen molar-refractivity contribution in [1.82, 2.24) is 0 Å². The van der Waals surface area contributed by atoms with Crippen molar-refractivity contribution in [2.24, 2.45) is 0 Å². The van der Waals surface area contributed by atoms with Gasteiger partial charge in [-0.1, -0.05) is 45.4 Å². The summed E-state index contributed by atoms with van der Waals surface area (Å²) in [5.74, 6) is -0.166. The van der Waals surface area contributed by atoms with Crippen molar-refractivity contribution >= 4 is 28.3 Å². The molecule has 0 aromatic heterocycles. The minimum absolute atomic E-state index is 0.166. The van der Waals surface area contributed by atoms with Crippen molar-refractivity contribution in [1.29, 1.82) is 0 Å². The Kier molecular flexibility index (Phi) is 8.38. The molecule has 0 unspecified atom stereocenters. The second-order valence-corrected chi connectivity index (χ2v) is 5.83. The van der Waals surface area contributed by atoms with Crippen LogP contribution in [-0.2, 0) is 0 Å². The number of hydrogen-bond acceptors (Lipinski definition) is 1. The molecule has 3 heteroatoms. The van der Waals surface area contributed by atoms with Gasteiger partial charge in [-0.2, -0.15) is 0 Å². The van der Waals surface area contributed by atoms with Crippen LogP contribution in [0.15, 0.2) is 18.2 Å². The zero-order valence-corrected chi connectivity index (χ0v) is 13.3. The molecular weight excluding hydrogens is 340 g/mol. The predicted molar refractivity (Wildman–Crippen MR) is 85.6 cm³/mol. The SMILES string of the molecule is CCCCCCCCCNc1ccc(F)cc1I. The highest BCUT2D eigenvalue weighted by atomic mass is 127. The van der Waals surface area contributed by atoms with Crippen molar-refractivity contribution in [3.63, 3.8) is 0 Å². The first-order valence-corrected chi connectivity index (χ1v) is 8.01. The van der Waals surface area contributed by atoms with Gasteiger partial charge in [-0.3, -0.25) is 0 Å². The molecule has 0 radical (unpaired) electrons. The molecule has 102 valence electrons. The number of benzene rings is 1. The minimum Gasteiger partial charge on any atom is -0.384 e. The number of anilines is 1. The van der Waals surface area contributed by atoms with Crippen LogP contribution in [0.1, 0.15) is 51.9 Å². The van der Waals surface area contributed by atoms with E-state index >= 15 is 0 Å². The molecule has 1 nitrogen and oxygen atoms in total. The van der Waals surface area contributed by atoms with Gasteiger partial charge in [0.25, 0.3) is 0 Å². The largest absolute Gasteiger partial charge is 0.384 e. The summed E-state index contributed by atoms with van der Waals surface area (Å²) < 4.78 is 13.9. The predicted octanol–water partition coefficient (Wildman–Crippen LogP) is 5.59. The van der Waals surface area contributed by atoms with Crippen molar-refractivity contribution in [2.45, 2.75) is 51.9 Å². The van der Waals surface area contributed by atoms with Crippen molar-refractivity contribution in [3.8, 4) is 0 Å². The topological polar surface area (TPSA) is 12.0 Å². The molecule has 18 heavy (non-hydrogen) atoms. The lowest BCUT2D eigenvalue weighted by Crippen LogP contribution is -2.03. The molecule has 0 saturated carbocycles. The summed E-state index contributed by atoms with van der Waals surface area (Å²) in [7, 11) is 0. The Bertz CT molecular complexity index is 341. The maximum Gasteiger partial charge on any atom is 0.124 e. The van der Waals surface area contributed by atoms with Gasteiger partial charge in [0.05, 0.1) is 0 Å². The second-order valence-electron chi connectivity index (χ2n) is 4.67. The van der Waals surface area contributed by atoms with E-state index in [1.165, 1.54) is 51.0 Å². The summed E-state index contributed by atoms with van der Waals surface area (Å²) in [5, 5.41) is 3.37. The molecule has 0 spiro atoms. The van der Waals surface area contributed by atoms with E-state index in [4.69, 9.17) is 0 Å². The summed E-state index contributed by atoms with van der Waals surface area (Å²) in [6, 6.07) is 4.89. The molecule has 0 bridgehead atoms. The van der Waals surface area contributed by atoms with E-state index in [0.29, 0.717) is 0 Å². The van der Waals surface area contributed by atoms with Gasteiger partial charge < -0.3 is 5.32 Å². The quantitative estimate of drug-likeness (QED) is 0.445. The molecule has 0 aliphatic heterocycles. The van der Waals surface area contributed by atoms with Gasteiger partial charge in [-0.25, -0.2) is 4.39 Å². The molecule has 0 heterocycles. The van der Waals surface area contributed by atoms with Crippen LogP contribution in [0.4, 0.5) is 10.1 Å². The summed E-state index contributed by atoms with van der Waals surface area (Å²) in [5.41, 5.74) is 1.04. The second kappa shape index (κ2) is 9.59. The highest BCUT2D eigenvalue weighted by Crippen LogP contribution is 2.19. The normalized spacial score (nSPS) is 10.6. The molecule has 0 aliphatic carbocycles. The van der Waals surface area contributed by atoms with E-state index < -0.39 is 0 Å². The molecule has 1 rings (SSSR count). The Labute approximate surface area is 124 Å². The first-order valence-electron chi connectivity index (χ1n) is 6.93. The number of halogens is 2. The van der Waals surface area contributed by atoms with Gasteiger partial charge in [-0.15, -0.1) is 0 Å². The van der Waals surface area contributed by atoms with Gasteiger partial charge in [0, 0.05) is 15.8 Å². The molecule has 0 atom stereocenters. The molecule has 0 amide bonds. The average Bonchev–Trinajstić information content (AvgIpc) is 2.35. The smallest absolute Gasteiger partial charge is 0.124 e.